The predicted octanol–water partition coefficient (Wildman–Crippen LogP) is -0.764. The number of hydrogen-bond donors (Lipinski definition) is 5. The molecule has 1 aromatic rings. The minimum atomic E-state index is -1.40. The van der Waals surface area contributed by atoms with Crippen LogP contribution in [0.4, 0.5) is 10.5 Å². The van der Waals surface area contributed by atoms with Crippen LogP contribution in [0.2, 0.25) is 0 Å². The second kappa shape index (κ2) is 6.89. The summed E-state index contributed by atoms with van der Waals surface area (Å²) in [6.45, 7) is 0. The average Bonchev–Trinajstić information content (AvgIpc) is 2.37. The van der Waals surface area contributed by atoms with Gasteiger partial charge in [0.05, 0.1) is 6.42 Å². The normalized spacial score (nSPS) is 11.2. The lowest BCUT2D eigenvalue weighted by molar-refractivity contribution is -0.140. The van der Waals surface area contributed by atoms with Crippen LogP contribution in [-0.2, 0) is 9.59 Å². The molecule has 7 N–H and O–H groups in total. The molecule has 0 aromatic heterocycles. The van der Waals surface area contributed by atoms with Gasteiger partial charge in [-0.05, 0) is 24.3 Å². The number of carbonyl (C=O) groups excluding carboxylic acids is 3. The fourth-order valence-corrected chi connectivity index (χ4v) is 1.49. The Hall–Kier alpha value is -3.10. The lowest BCUT2D eigenvalue weighted by atomic mass is 10.1. The minimum Gasteiger partial charge on any atom is -0.480 e. The maximum Gasteiger partial charge on any atom is 0.326 e. The monoisotopic (exact) mass is 294 g/mol. The van der Waals surface area contributed by atoms with Gasteiger partial charge in [0.15, 0.2) is 0 Å². The first-order valence-corrected chi connectivity index (χ1v) is 5.78. The van der Waals surface area contributed by atoms with Crippen LogP contribution in [-0.4, -0.2) is 35.0 Å². The van der Waals surface area contributed by atoms with E-state index in [2.05, 4.69) is 10.6 Å². The molecule has 0 aliphatic heterocycles. The molecule has 1 aromatic carbocycles. The van der Waals surface area contributed by atoms with Crippen LogP contribution >= 0.6 is 0 Å². The van der Waals surface area contributed by atoms with E-state index in [1.807, 2.05) is 0 Å². The topological polar surface area (TPSA) is 165 Å². The number of rotatable bonds is 6. The second-order valence-corrected chi connectivity index (χ2v) is 4.10. The number of urea groups is 1. The quantitative estimate of drug-likeness (QED) is 0.464. The van der Waals surface area contributed by atoms with Gasteiger partial charge in [0.25, 0.3) is 5.91 Å². The van der Waals surface area contributed by atoms with Gasteiger partial charge in [0.2, 0.25) is 5.91 Å². The summed E-state index contributed by atoms with van der Waals surface area (Å²) in [4.78, 5) is 44.1. The number of carboxylic acid groups (broad SMARTS) is 1. The zero-order valence-corrected chi connectivity index (χ0v) is 10.8. The molecule has 0 spiro atoms. The highest BCUT2D eigenvalue weighted by Crippen LogP contribution is 2.09. The van der Waals surface area contributed by atoms with Crippen molar-refractivity contribution in [1.29, 1.82) is 0 Å². The van der Waals surface area contributed by atoms with Crippen LogP contribution in [0.1, 0.15) is 16.8 Å². The van der Waals surface area contributed by atoms with E-state index in [0.717, 1.165) is 0 Å². The maximum absolute atomic E-state index is 11.8. The Morgan fingerprint density at radius 2 is 1.67 bits per heavy atom. The standard InChI is InChI=1S/C12H14N4O5/c13-9(17)5-8(11(19)20)16-10(18)6-1-3-7(4-2-6)15-12(14)21/h1-4,8H,5H2,(H2,13,17)(H,16,18)(H,19,20)(H3,14,15,21). The Bertz CT molecular complexity index is 570. The molecule has 0 radical (unpaired) electrons. The van der Waals surface area contributed by atoms with E-state index in [1.165, 1.54) is 24.3 Å². The van der Waals surface area contributed by atoms with Crippen molar-refractivity contribution in [3.05, 3.63) is 29.8 Å². The smallest absolute Gasteiger partial charge is 0.326 e. The predicted molar refractivity (Wildman–Crippen MR) is 72.3 cm³/mol. The summed E-state index contributed by atoms with van der Waals surface area (Å²) in [7, 11) is 0. The van der Waals surface area contributed by atoms with Crippen LogP contribution in [0.15, 0.2) is 24.3 Å². The molecule has 0 aliphatic carbocycles. The summed E-state index contributed by atoms with van der Waals surface area (Å²) in [5.74, 6) is -2.90. The van der Waals surface area contributed by atoms with Gasteiger partial charge in [-0.1, -0.05) is 0 Å². The van der Waals surface area contributed by atoms with Gasteiger partial charge in [-0.3, -0.25) is 9.59 Å². The number of benzene rings is 1. The van der Waals surface area contributed by atoms with Crippen LogP contribution in [0, 0.1) is 0 Å². The van der Waals surface area contributed by atoms with Crippen molar-refractivity contribution in [2.24, 2.45) is 11.5 Å². The molecule has 0 aliphatic rings. The SMILES string of the molecule is NC(=O)CC(NC(=O)c1ccc(NC(N)=O)cc1)C(=O)O. The minimum absolute atomic E-state index is 0.153. The highest BCUT2D eigenvalue weighted by atomic mass is 16.4. The van der Waals surface area contributed by atoms with Gasteiger partial charge >= 0.3 is 12.0 Å². The molecule has 0 heterocycles. The molecule has 0 saturated heterocycles. The summed E-state index contributed by atoms with van der Waals surface area (Å²) < 4.78 is 0. The number of amides is 4. The van der Waals surface area contributed by atoms with Gasteiger partial charge < -0.3 is 27.2 Å². The number of nitrogens with two attached hydrogens (primary N) is 2. The van der Waals surface area contributed by atoms with E-state index in [-0.39, 0.29) is 5.56 Å². The first-order valence-electron chi connectivity index (χ1n) is 5.78. The number of nitrogens with one attached hydrogen (secondary N) is 2. The second-order valence-electron chi connectivity index (χ2n) is 4.10. The van der Waals surface area contributed by atoms with Crippen molar-refractivity contribution < 1.29 is 24.3 Å². The molecule has 0 saturated carbocycles. The van der Waals surface area contributed by atoms with Crippen LogP contribution < -0.4 is 22.1 Å². The van der Waals surface area contributed by atoms with E-state index in [4.69, 9.17) is 16.6 Å². The van der Waals surface area contributed by atoms with Gasteiger partial charge in [-0.15, -0.1) is 0 Å². The van der Waals surface area contributed by atoms with E-state index in [0.29, 0.717) is 5.69 Å². The molecular formula is C12H14N4O5. The highest BCUT2D eigenvalue weighted by molar-refractivity contribution is 5.98. The molecule has 4 amide bonds. The molecule has 21 heavy (non-hydrogen) atoms. The molecule has 112 valence electrons. The van der Waals surface area contributed by atoms with E-state index >= 15 is 0 Å². The summed E-state index contributed by atoms with van der Waals surface area (Å²) in [5, 5.41) is 13.4. The highest BCUT2D eigenvalue weighted by Gasteiger charge is 2.22. The van der Waals surface area contributed by atoms with E-state index in [9.17, 15) is 19.2 Å². The summed E-state index contributed by atoms with van der Waals surface area (Å²) in [5.41, 5.74) is 10.4. The largest absolute Gasteiger partial charge is 0.480 e. The number of hydrogen-bond acceptors (Lipinski definition) is 4. The number of carboxylic acids is 1. The first kappa shape index (κ1) is 16.0. The number of primary amides is 2. The summed E-state index contributed by atoms with van der Waals surface area (Å²) >= 11 is 0. The van der Waals surface area contributed by atoms with Gasteiger partial charge in [0.1, 0.15) is 6.04 Å². The van der Waals surface area contributed by atoms with Crippen LogP contribution in [0.3, 0.4) is 0 Å². The van der Waals surface area contributed by atoms with Crippen LogP contribution in [0.25, 0.3) is 0 Å². The number of carbonyl (C=O) groups is 4. The van der Waals surface area contributed by atoms with E-state index < -0.39 is 36.3 Å². The van der Waals surface area contributed by atoms with Crippen molar-refractivity contribution in [3.63, 3.8) is 0 Å². The molecule has 1 rings (SSSR count). The Balaban J connectivity index is 2.76. The molecule has 1 atom stereocenters. The van der Waals surface area contributed by atoms with Crippen molar-refractivity contribution in [2.45, 2.75) is 12.5 Å². The van der Waals surface area contributed by atoms with Crippen molar-refractivity contribution >= 4 is 29.5 Å². The Morgan fingerprint density at radius 3 is 2.10 bits per heavy atom. The third-order valence-corrected chi connectivity index (χ3v) is 2.42. The van der Waals surface area contributed by atoms with Crippen molar-refractivity contribution in [2.75, 3.05) is 5.32 Å². The number of anilines is 1. The fraction of sp³-hybridized carbons (Fsp3) is 0.167. The lowest BCUT2D eigenvalue weighted by Crippen LogP contribution is -2.43. The molecule has 9 nitrogen and oxygen atoms in total. The third kappa shape index (κ3) is 5.19. The Labute approximate surface area is 119 Å². The Morgan fingerprint density at radius 1 is 1.10 bits per heavy atom. The molecule has 1 unspecified atom stereocenters. The van der Waals surface area contributed by atoms with Crippen molar-refractivity contribution in [1.82, 2.24) is 5.32 Å². The summed E-state index contributed by atoms with van der Waals surface area (Å²) in [6, 6.07) is 3.42. The molecular weight excluding hydrogens is 280 g/mol. The van der Waals surface area contributed by atoms with Gasteiger partial charge in [-0.25, -0.2) is 9.59 Å². The van der Waals surface area contributed by atoms with Crippen molar-refractivity contribution in [3.8, 4) is 0 Å². The molecule has 0 bridgehead atoms. The zero-order valence-electron chi connectivity index (χ0n) is 10.8. The van der Waals surface area contributed by atoms with Crippen LogP contribution in [0.5, 0.6) is 0 Å². The fourth-order valence-electron chi connectivity index (χ4n) is 1.49. The number of aliphatic carboxylic acids is 1. The molecule has 9 heteroatoms. The van der Waals surface area contributed by atoms with Gasteiger partial charge in [0, 0.05) is 11.3 Å². The first-order chi connectivity index (χ1) is 9.79. The van der Waals surface area contributed by atoms with Gasteiger partial charge in [-0.2, -0.15) is 0 Å². The average molecular weight is 294 g/mol. The van der Waals surface area contributed by atoms with E-state index in [1.54, 1.807) is 0 Å². The zero-order chi connectivity index (χ0) is 16.0. The summed E-state index contributed by atoms with van der Waals surface area (Å²) in [6.07, 6.45) is -0.512. The molecule has 0 fully saturated rings. The lowest BCUT2D eigenvalue weighted by Gasteiger charge is -2.13. The Kier molecular flexibility index (Phi) is 5.24. The maximum atomic E-state index is 11.8. The third-order valence-electron chi connectivity index (χ3n) is 2.42.